The Kier molecular flexibility index (Phi) is 5.46. The molecule has 1 atom stereocenters. The summed E-state index contributed by atoms with van der Waals surface area (Å²) in [4.78, 5) is 21.7. The van der Waals surface area contributed by atoms with E-state index in [1.54, 1.807) is 7.11 Å². The van der Waals surface area contributed by atoms with Gasteiger partial charge in [-0.05, 0) is 62.3 Å². The van der Waals surface area contributed by atoms with Gasteiger partial charge >= 0.3 is 0 Å². The molecule has 1 aliphatic carbocycles. The zero-order chi connectivity index (χ0) is 20.5. The normalized spacial score (nSPS) is 22.3. The van der Waals surface area contributed by atoms with Crippen molar-refractivity contribution in [1.82, 2.24) is 19.9 Å². The Morgan fingerprint density at radius 1 is 1.27 bits per heavy atom. The summed E-state index contributed by atoms with van der Waals surface area (Å²) >= 11 is 0. The average molecular weight is 411 g/mol. The number of hydrogen-bond donors (Lipinski definition) is 0. The molecule has 0 radical (unpaired) electrons. The predicted molar refractivity (Wildman–Crippen MR) is 111 cm³/mol. The predicted octanol–water partition coefficient (Wildman–Crippen LogP) is 3.18. The highest BCUT2D eigenvalue weighted by Crippen LogP contribution is 2.37. The zero-order valence-corrected chi connectivity index (χ0v) is 17.6. The molecule has 2 aliphatic heterocycles. The Labute approximate surface area is 177 Å². The van der Waals surface area contributed by atoms with Crippen LogP contribution in [0.4, 0.5) is 0 Å². The van der Waals surface area contributed by atoms with Crippen molar-refractivity contribution in [2.75, 3.05) is 33.3 Å². The lowest BCUT2D eigenvalue weighted by Crippen LogP contribution is -2.48. The summed E-state index contributed by atoms with van der Waals surface area (Å²) < 4.78 is 10.9. The first-order valence-corrected chi connectivity index (χ1v) is 11.2. The lowest BCUT2D eigenvalue weighted by atomic mass is 9.98. The van der Waals surface area contributed by atoms with Crippen molar-refractivity contribution in [2.45, 2.75) is 50.5 Å². The Hall–Kier alpha value is -2.41. The summed E-state index contributed by atoms with van der Waals surface area (Å²) in [6.45, 7) is 3.68. The van der Waals surface area contributed by atoms with Crippen molar-refractivity contribution in [2.24, 2.45) is 5.92 Å². The molecule has 30 heavy (non-hydrogen) atoms. The van der Waals surface area contributed by atoms with Crippen LogP contribution in [0.15, 0.2) is 28.8 Å². The van der Waals surface area contributed by atoms with E-state index in [1.165, 1.54) is 25.8 Å². The number of methoxy groups -OCH3 is 1. The van der Waals surface area contributed by atoms with Crippen LogP contribution in [0.25, 0.3) is 0 Å². The van der Waals surface area contributed by atoms with E-state index < -0.39 is 0 Å². The summed E-state index contributed by atoms with van der Waals surface area (Å²) in [7, 11) is 1.66. The van der Waals surface area contributed by atoms with E-state index in [0.29, 0.717) is 19.5 Å². The fourth-order valence-electron chi connectivity index (χ4n) is 4.59. The molecule has 1 aromatic heterocycles. The standard InChI is InChI=1S/C23H30N4O3/c1-29-19-5-2-4-16(12-19)9-10-21(28)27-14-18(15-27)22-24-23(30-25-22)20-6-3-11-26(20)13-17-7-8-17/h2,4-5,12,17-18,20H,3,6-11,13-15H2,1H3. The van der Waals surface area contributed by atoms with Crippen molar-refractivity contribution in [3.05, 3.63) is 41.5 Å². The molecule has 3 fully saturated rings. The van der Waals surface area contributed by atoms with Gasteiger partial charge in [-0.3, -0.25) is 9.69 Å². The number of ether oxygens (including phenoxy) is 1. The summed E-state index contributed by atoms with van der Waals surface area (Å²) in [5.74, 6) is 3.61. The SMILES string of the molecule is COc1cccc(CCC(=O)N2CC(c3noc(C4CCCN4CC4CC4)n3)C2)c1. The molecule has 3 aliphatic rings. The Balaban J connectivity index is 1.11. The zero-order valence-electron chi connectivity index (χ0n) is 17.6. The molecule has 0 bridgehead atoms. The molecule has 3 heterocycles. The third kappa shape index (κ3) is 4.21. The number of carbonyl (C=O) groups excluding carboxylic acids is 1. The van der Waals surface area contributed by atoms with Gasteiger partial charge in [-0.1, -0.05) is 17.3 Å². The highest BCUT2D eigenvalue weighted by atomic mass is 16.5. The van der Waals surface area contributed by atoms with Crippen LogP contribution in [0.5, 0.6) is 5.75 Å². The summed E-state index contributed by atoms with van der Waals surface area (Å²) in [5, 5.41) is 4.25. The Morgan fingerprint density at radius 3 is 2.93 bits per heavy atom. The summed E-state index contributed by atoms with van der Waals surface area (Å²) in [5.41, 5.74) is 1.12. The second-order valence-electron chi connectivity index (χ2n) is 8.93. The maximum atomic E-state index is 12.5. The largest absolute Gasteiger partial charge is 0.497 e. The van der Waals surface area contributed by atoms with Crippen LogP contribution in [-0.4, -0.2) is 59.1 Å². The van der Waals surface area contributed by atoms with Gasteiger partial charge in [-0.2, -0.15) is 4.98 Å². The van der Waals surface area contributed by atoms with Crippen LogP contribution in [0.2, 0.25) is 0 Å². The Morgan fingerprint density at radius 2 is 2.13 bits per heavy atom. The molecular formula is C23H30N4O3. The lowest BCUT2D eigenvalue weighted by molar-refractivity contribution is -0.135. The average Bonchev–Trinajstić information content (AvgIpc) is 3.21. The number of aromatic nitrogens is 2. The molecule has 1 amide bonds. The molecule has 1 unspecified atom stereocenters. The van der Waals surface area contributed by atoms with Gasteiger partial charge in [0.05, 0.1) is 19.1 Å². The number of carbonyl (C=O) groups is 1. The first-order chi connectivity index (χ1) is 14.7. The number of benzene rings is 1. The number of hydrogen-bond acceptors (Lipinski definition) is 6. The van der Waals surface area contributed by atoms with Crippen molar-refractivity contribution in [1.29, 1.82) is 0 Å². The molecular weight excluding hydrogens is 380 g/mol. The molecule has 5 rings (SSSR count). The number of aryl methyl sites for hydroxylation is 1. The lowest BCUT2D eigenvalue weighted by Gasteiger charge is -2.37. The van der Waals surface area contributed by atoms with Crippen LogP contribution >= 0.6 is 0 Å². The molecule has 7 nitrogen and oxygen atoms in total. The summed E-state index contributed by atoms with van der Waals surface area (Å²) in [6.07, 6.45) is 6.27. The van der Waals surface area contributed by atoms with E-state index >= 15 is 0 Å². The molecule has 0 N–H and O–H groups in total. The van der Waals surface area contributed by atoms with Gasteiger partial charge in [0.15, 0.2) is 5.82 Å². The van der Waals surface area contributed by atoms with Gasteiger partial charge in [0.2, 0.25) is 11.8 Å². The minimum Gasteiger partial charge on any atom is -0.497 e. The molecule has 1 aromatic carbocycles. The molecule has 2 aromatic rings. The van der Waals surface area contributed by atoms with Gasteiger partial charge in [0.25, 0.3) is 0 Å². The number of nitrogens with zero attached hydrogens (tertiary/aromatic N) is 4. The van der Waals surface area contributed by atoms with Crippen LogP contribution in [0.1, 0.15) is 61.3 Å². The van der Waals surface area contributed by atoms with Gasteiger partial charge in [0.1, 0.15) is 5.75 Å². The smallest absolute Gasteiger partial charge is 0.244 e. The van der Waals surface area contributed by atoms with Crippen molar-refractivity contribution in [3.8, 4) is 5.75 Å². The quantitative estimate of drug-likeness (QED) is 0.666. The van der Waals surface area contributed by atoms with E-state index in [0.717, 1.165) is 48.3 Å². The first kappa shape index (κ1) is 19.5. The van der Waals surface area contributed by atoms with Gasteiger partial charge in [-0.15, -0.1) is 0 Å². The van der Waals surface area contributed by atoms with E-state index in [2.05, 4.69) is 10.1 Å². The van der Waals surface area contributed by atoms with Crippen LogP contribution in [0.3, 0.4) is 0 Å². The molecule has 0 spiro atoms. The fourth-order valence-corrected chi connectivity index (χ4v) is 4.59. The van der Waals surface area contributed by atoms with Crippen molar-refractivity contribution >= 4 is 5.91 Å². The molecule has 2 saturated heterocycles. The van der Waals surface area contributed by atoms with Crippen LogP contribution < -0.4 is 4.74 Å². The van der Waals surface area contributed by atoms with Gasteiger partial charge in [0, 0.05) is 26.1 Å². The number of likely N-dealkylation sites (tertiary alicyclic amines) is 2. The maximum Gasteiger partial charge on any atom is 0.244 e. The minimum absolute atomic E-state index is 0.184. The van der Waals surface area contributed by atoms with E-state index in [4.69, 9.17) is 14.2 Å². The van der Waals surface area contributed by atoms with Crippen LogP contribution in [-0.2, 0) is 11.2 Å². The number of amides is 1. The van der Waals surface area contributed by atoms with Gasteiger partial charge < -0.3 is 14.2 Å². The minimum atomic E-state index is 0.184. The third-order valence-corrected chi connectivity index (χ3v) is 6.66. The van der Waals surface area contributed by atoms with Crippen molar-refractivity contribution < 1.29 is 14.1 Å². The number of rotatable bonds is 8. The van der Waals surface area contributed by atoms with Crippen LogP contribution in [0, 0.1) is 5.92 Å². The fraction of sp³-hybridized carbons (Fsp3) is 0.609. The Bertz CT molecular complexity index is 888. The van der Waals surface area contributed by atoms with E-state index in [-0.39, 0.29) is 17.9 Å². The molecule has 7 heteroatoms. The van der Waals surface area contributed by atoms with E-state index in [1.807, 2.05) is 29.2 Å². The van der Waals surface area contributed by atoms with E-state index in [9.17, 15) is 4.79 Å². The first-order valence-electron chi connectivity index (χ1n) is 11.2. The maximum absolute atomic E-state index is 12.5. The molecule has 1 saturated carbocycles. The van der Waals surface area contributed by atoms with Crippen molar-refractivity contribution in [3.63, 3.8) is 0 Å². The third-order valence-electron chi connectivity index (χ3n) is 6.66. The van der Waals surface area contributed by atoms with Gasteiger partial charge in [-0.25, -0.2) is 0 Å². The second-order valence-corrected chi connectivity index (χ2v) is 8.93. The second kappa shape index (κ2) is 8.38. The molecule has 160 valence electrons. The summed E-state index contributed by atoms with van der Waals surface area (Å²) in [6, 6.07) is 8.18. The highest BCUT2D eigenvalue weighted by Gasteiger charge is 2.38. The highest BCUT2D eigenvalue weighted by molar-refractivity contribution is 5.77. The topological polar surface area (TPSA) is 71.7 Å². The monoisotopic (exact) mass is 410 g/mol.